The van der Waals surface area contributed by atoms with Crippen LogP contribution in [0.5, 0.6) is 0 Å². The number of aromatic nitrogens is 1. The van der Waals surface area contributed by atoms with E-state index in [1.54, 1.807) is 0 Å². The summed E-state index contributed by atoms with van der Waals surface area (Å²) >= 11 is 0. The number of carbonyl (C=O) groups excluding carboxylic acids is 1. The van der Waals surface area contributed by atoms with Gasteiger partial charge in [-0.05, 0) is 25.0 Å². The van der Waals surface area contributed by atoms with Gasteiger partial charge in [0.1, 0.15) is 5.69 Å². The van der Waals surface area contributed by atoms with Gasteiger partial charge in [-0.15, -0.1) is 0 Å². The summed E-state index contributed by atoms with van der Waals surface area (Å²) in [7, 11) is 0. The Hall–Kier alpha value is -1.83. The SMILES string of the molecule is NC(=O)[C@]1(O)CCCN(c2ccnc(C(F)(F)F)c2)C1. The number of β-amino-alcohol motifs (C(OH)–C–C–N with tert-alkyl or cyclic N) is 1. The molecule has 1 aromatic rings. The van der Waals surface area contributed by atoms with Crippen molar-refractivity contribution in [2.45, 2.75) is 24.6 Å². The Kier molecular flexibility index (Phi) is 3.59. The van der Waals surface area contributed by atoms with Crippen molar-refractivity contribution in [3.8, 4) is 0 Å². The van der Waals surface area contributed by atoms with E-state index in [1.165, 1.54) is 11.0 Å². The summed E-state index contributed by atoms with van der Waals surface area (Å²) in [6.45, 7) is 0.320. The summed E-state index contributed by atoms with van der Waals surface area (Å²) in [5.74, 6) is -0.868. The molecule has 0 aliphatic carbocycles. The molecule has 3 N–H and O–H groups in total. The van der Waals surface area contributed by atoms with Gasteiger partial charge in [0, 0.05) is 18.4 Å². The molecule has 0 saturated carbocycles. The van der Waals surface area contributed by atoms with Gasteiger partial charge < -0.3 is 15.7 Å². The number of halogens is 3. The lowest BCUT2D eigenvalue weighted by Crippen LogP contribution is -2.56. The highest BCUT2D eigenvalue weighted by Crippen LogP contribution is 2.31. The number of primary amides is 1. The highest BCUT2D eigenvalue weighted by atomic mass is 19.4. The Morgan fingerprint density at radius 3 is 2.80 bits per heavy atom. The zero-order valence-corrected chi connectivity index (χ0v) is 10.5. The van der Waals surface area contributed by atoms with Crippen LogP contribution in [-0.2, 0) is 11.0 Å². The molecule has 0 radical (unpaired) electrons. The van der Waals surface area contributed by atoms with Crippen LogP contribution in [0, 0.1) is 0 Å². The molecule has 1 aliphatic rings. The van der Waals surface area contributed by atoms with Gasteiger partial charge in [0.05, 0.1) is 6.54 Å². The van der Waals surface area contributed by atoms with Crippen molar-refractivity contribution in [3.05, 3.63) is 24.0 Å². The first-order valence-electron chi connectivity index (χ1n) is 6.03. The van der Waals surface area contributed by atoms with Crippen molar-refractivity contribution in [2.24, 2.45) is 5.73 Å². The van der Waals surface area contributed by atoms with Crippen molar-refractivity contribution >= 4 is 11.6 Å². The van der Waals surface area contributed by atoms with Gasteiger partial charge in [0.15, 0.2) is 5.60 Å². The summed E-state index contributed by atoms with van der Waals surface area (Å²) in [6.07, 6.45) is -2.82. The molecule has 1 atom stereocenters. The first-order valence-corrected chi connectivity index (χ1v) is 6.03. The Morgan fingerprint density at radius 1 is 1.50 bits per heavy atom. The van der Waals surface area contributed by atoms with Crippen molar-refractivity contribution < 1.29 is 23.1 Å². The Bertz CT molecular complexity index is 521. The lowest BCUT2D eigenvalue weighted by Gasteiger charge is -2.38. The topological polar surface area (TPSA) is 79.5 Å². The fourth-order valence-electron chi connectivity index (χ4n) is 2.23. The molecule has 110 valence electrons. The van der Waals surface area contributed by atoms with E-state index in [1.807, 2.05) is 0 Å². The first-order chi connectivity index (χ1) is 9.22. The number of nitrogens with zero attached hydrogens (tertiary/aromatic N) is 2. The molecule has 0 bridgehead atoms. The smallest absolute Gasteiger partial charge is 0.378 e. The highest BCUT2D eigenvalue weighted by Gasteiger charge is 2.39. The van der Waals surface area contributed by atoms with Gasteiger partial charge >= 0.3 is 6.18 Å². The van der Waals surface area contributed by atoms with Gasteiger partial charge in [-0.3, -0.25) is 9.78 Å². The molecule has 2 heterocycles. The van der Waals surface area contributed by atoms with Crippen LogP contribution in [0.3, 0.4) is 0 Å². The Morgan fingerprint density at radius 2 is 2.20 bits per heavy atom. The average molecular weight is 289 g/mol. The van der Waals surface area contributed by atoms with Crippen LogP contribution in [0.1, 0.15) is 18.5 Å². The van der Waals surface area contributed by atoms with Crippen molar-refractivity contribution in [2.75, 3.05) is 18.0 Å². The van der Waals surface area contributed by atoms with Gasteiger partial charge in [0.25, 0.3) is 5.91 Å². The van der Waals surface area contributed by atoms with Crippen molar-refractivity contribution in [1.82, 2.24) is 4.98 Å². The molecule has 5 nitrogen and oxygen atoms in total. The van der Waals surface area contributed by atoms with Crippen LogP contribution in [0.4, 0.5) is 18.9 Å². The van der Waals surface area contributed by atoms with E-state index >= 15 is 0 Å². The molecule has 0 aromatic carbocycles. The lowest BCUT2D eigenvalue weighted by molar-refractivity contribution is -0.141. The maximum atomic E-state index is 12.6. The highest BCUT2D eigenvalue weighted by molar-refractivity contribution is 5.84. The van der Waals surface area contributed by atoms with E-state index in [0.29, 0.717) is 13.0 Å². The maximum Gasteiger partial charge on any atom is 0.433 e. The molecule has 2 rings (SSSR count). The van der Waals surface area contributed by atoms with Crippen LogP contribution in [0.15, 0.2) is 18.3 Å². The molecule has 1 amide bonds. The van der Waals surface area contributed by atoms with E-state index in [-0.39, 0.29) is 18.7 Å². The van der Waals surface area contributed by atoms with Gasteiger partial charge in [0.2, 0.25) is 0 Å². The van der Waals surface area contributed by atoms with E-state index in [4.69, 9.17) is 5.73 Å². The number of hydrogen-bond donors (Lipinski definition) is 2. The van der Waals surface area contributed by atoms with Crippen LogP contribution in [-0.4, -0.2) is 34.7 Å². The molecular weight excluding hydrogens is 275 g/mol. The molecule has 1 saturated heterocycles. The monoisotopic (exact) mass is 289 g/mol. The van der Waals surface area contributed by atoms with Gasteiger partial charge in [-0.1, -0.05) is 0 Å². The van der Waals surface area contributed by atoms with Gasteiger partial charge in [-0.25, -0.2) is 0 Å². The molecule has 20 heavy (non-hydrogen) atoms. The number of alkyl halides is 3. The molecule has 1 aromatic heterocycles. The molecule has 0 unspecified atom stereocenters. The number of nitrogens with two attached hydrogens (primary N) is 1. The molecule has 8 heteroatoms. The average Bonchev–Trinajstić information content (AvgIpc) is 2.38. The minimum Gasteiger partial charge on any atom is -0.378 e. The number of carbonyl (C=O) groups is 1. The fraction of sp³-hybridized carbons (Fsp3) is 0.500. The van der Waals surface area contributed by atoms with Crippen LogP contribution in [0.25, 0.3) is 0 Å². The summed E-state index contributed by atoms with van der Waals surface area (Å²) in [5.41, 5.74) is 2.67. The zero-order valence-electron chi connectivity index (χ0n) is 10.5. The minimum atomic E-state index is -4.54. The van der Waals surface area contributed by atoms with E-state index in [2.05, 4.69) is 4.98 Å². The first kappa shape index (κ1) is 14.6. The number of anilines is 1. The van der Waals surface area contributed by atoms with E-state index in [9.17, 15) is 23.1 Å². The largest absolute Gasteiger partial charge is 0.433 e. The standard InChI is InChI=1S/C12H14F3N3O2/c13-12(14,15)9-6-8(2-4-17-9)18-5-1-3-11(20,7-18)10(16)19/h2,4,6,20H,1,3,5,7H2,(H2,16,19)/t11-/m0/s1. The van der Waals surface area contributed by atoms with Gasteiger partial charge in [-0.2, -0.15) is 13.2 Å². The second kappa shape index (κ2) is 4.93. The lowest BCUT2D eigenvalue weighted by atomic mass is 9.92. The number of pyridine rings is 1. The minimum absolute atomic E-state index is 0.121. The fourth-order valence-corrected chi connectivity index (χ4v) is 2.23. The summed E-state index contributed by atoms with van der Waals surface area (Å²) in [5, 5.41) is 10.1. The quantitative estimate of drug-likeness (QED) is 0.848. The number of amides is 1. The molecular formula is C12H14F3N3O2. The van der Waals surface area contributed by atoms with Crippen LogP contribution in [0.2, 0.25) is 0 Å². The third-order valence-electron chi connectivity index (χ3n) is 3.33. The summed E-state index contributed by atoms with van der Waals surface area (Å²) in [4.78, 5) is 16.0. The third-order valence-corrected chi connectivity index (χ3v) is 3.33. The zero-order chi connectivity index (χ0) is 15.0. The Labute approximate surface area is 113 Å². The number of rotatable bonds is 2. The Balaban J connectivity index is 2.26. The molecule has 0 spiro atoms. The molecule has 1 aliphatic heterocycles. The second-order valence-electron chi connectivity index (χ2n) is 4.82. The summed E-state index contributed by atoms with van der Waals surface area (Å²) in [6, 6.07) is 2.30. The second-order valence-corrected chi connectivity index (χ2v) is 4.82. The summed E-state index contributed by atoms with van der Waals surface area (Å²) < 4.78 is 37.8. The van der Waals surface area contributed by atoms with Crippen LogP contribution >= 0.6 is 0 Å². The van der Waals surface area contributed by atoms with Crippen LogP contribution < -0.4 is 10.6 Å². The number of hydrogen-bond acceptors (Lipinski definition) is 4. The predicted molar refractivity (Wildman–Crippen MR) is 64.8 cm³/mol. The van der Waals surface area contributed by atoms with E-state index in [0.717, 1.165) is 12.3 Å². The molecule has 1 fully saturated rings. The normalized spacial score (nSPS) is 23.7. The third kappa shape index (κ3) is 2.84. The van der Waals surface area contributed by atoms with Crippen molar-refractivity contribution in [3.63, 3.8) is 0 Å². The van der Waals surface area contributed by atoms with Crippen molar-refractivity contribution in [1.29, 1.82) is 0 Å². The number of aliphatic hydroxyl groups is 1. The van der Waals surface area contributed by atoms with E-state index < -0.39 is 23.4 Å². The number of piperidine rings is 1. The maximum absolute atomic E-state index is 12.6. The predicted octanol–water partition coefficient (Wildman–Crippen LogP) is 0.917.